The summed E-state index contributed by atoms with van der Waals surface area (Å²) in [7, 11) is -2.72. The van der Waals surface area contributed by atoms with Gasteiger partial charge in [0.05, 0.1) is 23.1 Å². The number of carbonyl (C=O) groups is 1. The number of aromatic amines is 1. The van der Waals surface area contributed by atoms with E-state index in [-0.39, 0.29) is 34.7 Å². The SMILES string of the molecule is Cc1cc(-n2nc3c(c2-n2ccn(-c4ccc(P(=O)(C(C)C)C(C)C)cc4)c2=O)C(C)N(C(=O)c2cc4cc(C5CCOCC5)ccc4n2C2(c4noc(=O)[nH]4)CC2C)CC3)cc(C)c1F. The van der Waals surface area contributed by atoms with Crippen LogP contribution in [0.4, 0.5) is 4.39 Å². The minimum absolute atomic E-state index is 0.0236. The van der Waals surface area contributed by atoms with Crippen molar-refractivity contribution in [2.24, 2.45) is 5.92 Å². The lowest BCUT2D eigenvalue weighted by molar-refractivity contribution is 0.0663. The lowest BCUT2D eigenvalue weighted by Gasteiger charge is -2.34. The van der Waals surface area contributed by atoms with Crippen molar-refractivity contribution < 1.29 is 23.0 Å². The second kappa shape index (κ2) is 16.1. The van der Waals surface area contributed by atoms with E-state index in [0.717, 1.165) is 34.7 Å². The molecule has 66 heavy (non-hydrogen) atoms. The second-order valence-electron chi connectivity index (χ2n) is 19.2. The Bertz CT molecular complexity index is 3180. The highest BCUT2D eigenvalue weighted by Gasteiger charge is 2.59. The molecule has 16 heteroatoms. The van der Waals surface area contributed by atoms with Gasteiger partial charge in [0.25, 0.3) is 5.91 Å². The molecule has 3 aliphatic rings. The second-order valence-corrected chi connectivity index (χ2v) is 23.2. The van der Waals surface area contributed by atoms with Crippen LogP contribution in [0.5, 0.6) is 0 Å². The van der Waals surface area contributed by atoms with Crippen molar-refractivity contribution in [2.45, 2.75) is 110 Å². The molecule has 1 aliphatic carbocycles. The predicted molar refractivity (Wildman–Crippen MR) is 251 cm³/mol. The van der Waals surface area contributed by atoms with Crippen molar-refractivity contribution in [1.82, 2.24) is 38.5 Å². The number of hydrogen-bond donors (Lipinski definition) is 1. The maximum Gasteiger partial charge on any atom is 0.438 e. The molecule has 1 saturated carbocycles. The number of carbonyl (C=O) groups excluding carboxylic acids is 1. The number of fused-ring (bicyclic) bond motifs is 2. The van der Waals surface area contributed by atoms with Gasteiger partial charge < -0.3 is 18.8 Å². The first-order valence-corrected chi connectivity index (χ1v) is 24.9. The number of halogens is 1. The summed E-state index contributed by atoms with van der Waals surface area (Å²) in [6, 6.07) is 18.6. The van der Waals surface area contributed by atoms with Gasteiger partial charge in [0.1, 0.15) is 30.0 Å². The third kappa shape index (κ3) is 6.74. The number of aryl methyl sites for hydroxylation is 2. The highest BCUT2D eigenvalue weighted by molar-refractivity contribution is 7.72. The van der Waals surface area contributed by atoms with E-state index in [2.05, 4.69) is 35.3 Å². The molecule has 3 atom stereocenters. The molecule has 14 nitrogen and oxygen atoms in total. The Hall–Kier alpha value is -6.05. The van der Waals surface area contributed by atoms with Gasteiger partial charge in [0.15, 0.2) is 5.82 Å². The average Bonchev–Trinajstić information content (AvgIpc) is 3.80. The van der Waals surface area contributed by atoms with Gasteiger partial charge >= 0.3 is 11.4 Å². The number of amides is 1. The van der Waals surface area contributed by atoms with Gasteiger partial charge in [-0.2, -0.15) is 5.10 Å². The topological polar surface area (TPSA) is 155 Å². The molecule has 1 amide bonds. The van der Waals surface area contributed by atoms with Crippen molar-refractivity contribution in [3.05, 3.63) is 139 Å². The molecule has 2 aliphatic heterocycles. The van der Waals surface area contributed by atoms with Gasteiger partial charge in [-0.1, -0.05) is 45.8 Å². The maximum atomic E-state index is 15.5. The number of ether oxygens (including phenoxy) is 1. The third-order valence-corrected chi connectivity index (χ3v) is 18.9. The molecule has 2 fully saturated rings. The monoisotopic (exact) mass is 914 g/mol. The fourth-order valence-corrected chi connectivity index (χ4v) is 14.0. The Morgan fingerprint density at radius 3 is 2.20 bits per heavy atom. The summed E-state index contributed by atoms with van der Waals surface area (Å²) >= 11 is 0. The largest absolute Gasteiger partial charge is 0.438 e. The zero-order chi connectivity index (χ0) is 46.6. The van der Waals surface area contributed by atoms with Crippen LogP contribution in [0.25, 0.3) is 28.1 Å². The van der Waals surface area contributed by atoms with E-state index in [0.29, 0.717) is 83.9 Å². The molecule has 0 bridgehead atoms. The van der Waals surface area contributed by atoms with Crippen LogP contribution in [0.3, 0.4) is 0 Å². The summed E-state index contributed by atoms with van der Waals surface area (Å²) in [5.74, 6) is -0.0298. The Labute approximate surface area is 381 Å². The molecular weight excluding hydrogens is 859 g/mol. The number of hydrogen-bond acceptors (Lipinski definition) is 8. The lowest BCUT2D eigenvalue weighted by atomic mass is 9.91. The molecule has 4 aromatic heterocycles. The van der Waals surface area contributed by atoms with Crippen molar-refractivity contribution in [2.75, 3.05) is 19.8 Å². The number of aromatic nitrogens is 7. The van der Waals surface area contributed by atoms with Crippen molar-refractivity contribution in [3.8, 4) is 17.2 Å². The highest BCUT2D eigenvalue weighted by atomic mass is 31.2. The first-order chi connectivity index (χ1) is 31.5. The Kier molecular flexibility index (Phi) is 10.7. The first kappa shape index (κ1) is 43.8. The number of nitrogens with one attached hydrogen (secondary N) is 1. The molecule has 344 valence electrons. The van der Waals surface area contributed by atoms with E-state index in [9.17, 15) is 14.2 Å². The van der Waals surface area contributed by atoms with Gasteiger partial charge in [0.2, 0.25) is 0 Å². The molecular formula is C50H56FN8O6P. The molecule has 3 unspecified atom stereocenters. The van der Waals surface area contributed by atoms with Crippen LogP contribution in [-0.2, 0) is 21.3 Å². The normalized spacial score (nSPS) is 20.2. The number of imidazole rings is 1. The molecule has 6 heterocycles. The van der Waals surface area contributed by atoms with Gasteiger partial charge in [-0.05, 0) is 123 Å². The van der Waals surface area contributed by atoms with Gasteiger partial charge in [-0.15, -0.1) is 0 Å². The van der Waals surface area contributed by atoms with E-state index in [4.69, 9.17) is 14.4 Å². The Morgan fingerprint density at radius 2 is 1.58 bits per heavy atom. The fraction of sp³-hybridized carbons (Fsp3) is 0.420. The highest BCUT2D eigenvalue weighted by Crippen LogP contribution is 2.56. The number of rotatable bonds is 10. The molecule has 1 saturated heterocycles. The van der Waals surface area contributed by atoms with Crippen molar-refractivity contribution in [1.29, 1.82) is 0 Å². The van der Waals surface area contributed by atoms with Crippen LogP contribution >= 0.6 is 7.14 Å². The minimum atomic E-state index is -2.72. The average molecular weight is 915 g/mol. The number of H-pyrrole nitrogens is 1. The van der Waals surface area contributed by atoms with Crippen LogP contribution < -0.4 is 16.8 Å². The summed E-state index contributed by atoms with van der Waals surface area (Å²) in [6.45, 7) is 17.1. The Balaban J connectivity index is 1.10. The lowest BCUT2D eigenvalue weighted by Crippen LogP contribution is -2.41. The number of benzene rings is 3. The molecule has 0 spiro atoms. The zero-order valence-electron chi connectivity index (χ0n) is 38.7. The summed E-state index contributed by atoms with van der Waals surface area (Å²) < 4.78 is 46.9. The van der Waals surface area contributed by atoms with Crippen LogP contribution in [0.2, 0.25) is 0 Å². The van der Waals surface area contributed by atoms with Gasteiger partial charge in [-0.3, -0.25) is 23.4 Å². The van der Waals surface area contributed by atoms with Gasteiger partial charge in [0, 0.05) is 71.7 Å². The van der Waals surface area contributed by atoms with E-state index in [1.165, 1.54) is 10.1 Å². The quantitative estimate of drug-likeness (QED) is 0.134. The summed E-state index contributed by atoms with van der Waals surface area (Å²) in [5, 5.41) is 11.0. The van der Waals surface area contributed by atoms with E-state index in [1.807, 2.05) is 74.4 Å². The standard InChI is InChI=1S/C50H56FN8O6P/c1-28(2)66(63,29(3)4)39-12-10-37(11-13-39)56-19-20-57(49(56)62)45-43-33(8)55(18-15-40(43)53-59(45)38-23-30(5)44(51)31(6)24-38)46(60)42-26-36-25-35(34-16-21-64-22-17-34)9-14-41(36)58(42)50(27-32(50)7)47-52-48(61)65-54-47/h9-14,19-20,23-26,28-29,32-34H,15-18,21-22,27H2,1-8H3,(H,52,54,61). The Morgan fingerprint density at radius 1 is 0.909 bits per heavy atom. The molecule has 1 N–H and O–H groups in total. The molecule has 10 rings (SSSR count). The van der Waals surface area contributed by atoms with E-state index in [1.54, 1.807) is 47.6 Å². The van der Waals surface area contributed by atoms with Crippen LogP contribution in [0.15, 0.2) is 87.2 Å². The van der Waals surface area contributed by atoms with Crippen molar-refractivity contribution in [3.63, 3.8) is 0 Å². The maximum absolute atomic E-state index is 15.5. The fourth-order valence-electron chi connectivity index (χ4n) is 11.0. The minimum Gasteiger partial charge on any atom is -0.381 e. The van der Waals surface area contributed by atoms with Gasteiger partial charge in [-0.25, -0.2) is 18.7 Å². The predicted octanol–water partition coefficient (Wildman–Crippen LogP) is 8.44. The summed E-state index contributed by atoms with van der Waals surface area (Å²) in [6.07, 6.45) is 6.24. The summed E-state index contributed by atoms with van der Waals surface area (Å²) in [5.41, 5.74) is 4.66. The molecule has 3 aromatic carbocycles. The van der Waals surface area contributed by atoms with Crippen LogP contribution in [-0.4, -0.2) is 75.5 Å². The summed E-state index contributed by atoms with van der Waals surface area (Å²) in [4.78, 5) is 47.4. The van der Waals surface area contributed by atoms with Crippen LogP contribution in [0, 0.1) is 25.6 Å². The smallest absolute Gasteiger partial charge is 0.381 e. The number of nitrogens with zero attached hydrogens (tertiary/aromatic N) is 7. The van der Waals surface area contributed by atoms with E-state index >= 15 is 9.18 Å². The molecule has 7 aromatic rings. The van der Waals surface area contributed by atoms with E-state index < -0.39 is 24.5 Å². The zero-order valence-corrected chi connectivity index (χ0v) is 39.6. The van der Waals surface area contributed by atoms with Crippen LogP contribution in [0.1, 0.15) is 117 Å². The molecule has 0 radical (unpaired) electrons. The first-order valence-electron chi connectivity index (χ1n) is 23.0. The van der Waals surface area contributed by atoms with Crippen molar-refractivity contribution >= 4 is 29.3 Å². The third-order valence-electron chi connectivity index (χ3n) is 14.7.